The zero-order valence-corrected chi connectivity index (χ0v) is 11.3. The molecule has 0 bridgehead atoms. The van der Waals surface area contributed by atoms with Crippen molar-refractivity contribution >= 4 is 5.69 Å². The highest BCUT2D eigenvalue weighted by atomic mass is 19.4. The van der Waals surface area contributed by atoms with Crippen LogP contribution in [0.2, 0.25) is 0 Å². The van der Waals surface area contributed by atoms with E-state index >= 15 is 0 Å². The summed E-state index contributed by atoms with van der Waals surface area (Å²) >= 11 is 0. The average molecular weight is 294 g/mol. The van der Waals surface area contributed by atoms with E-state index in [1.807, 2.05) is 13.0 Å². The zero-order chi connectivity index (χ0) is 15.5. The van der Waals surface area contributed by atoms with Gasteiger partial charge in [0.2, 0.25) is 0 Å². The standard InChI is InChI=1S/C14H13F3N4/c1-2-21-12(5-6-20-21)9-19-13-4-3-11(14(15,16)17)7-10(13)8-18/h3-7,19H,2,9H2,1H3. The third-order valence-electron chi connectivity index (χ3n) is 3.03. The van der Waals surface area contributed by atoms with Crippen LogP contribution in [0, 0.1) is 11.3 Å². The molecule has 7 heteroatoms. The summed E-state index contributed by atoms with van der Waals surface area (Å²) in [7, 11) is 0. The lowest BCUT2D eigenvalue weighted by molar-refractivity contribution is -0.137. The Bertz CT molecular complexity index is 668. The molecule has 0 fully saturated rings. The van der Waals surface area contributed by atoms with E-state index in [1.165, 1.54) is 6.07 Å². The number of aryl methyl sites for hydroxylation is 1. The summed E-state index contributed by atoms with van der Waals surface area (Å²) in [5, 5.41) is 16.1. The molecule has 0 radical (unpaired) electrons. The molecule has 0 aliphatic rings. The van der Waals surface area contributed by atoms with E-state index in [0.29, 0.717) is 18.8 Å². The molecule has 0 amide bonds. The summed E-state index contributed by atoms with van der Waals surface area (Å²) in [5.74, 6) is 0. The normalized spacial score (nSPS) is 11.2. The number of nitrogens with zero attached hydrogens (tertiary/aromatic N) is 3. The predicted molar refractivity (Wildman–Crippen MR) is 71.4 cm³/mol. The molecule has 1 aromatic heterocycles. The van der Waals surface area contributed by atoms with E-state index in [1.54, 1.807) is 16.9 Å². The maximum Gasteiger partial charge on any atom is 0.416 e. The van der Waals surface area contributed by atoms with E-state index in [9.17, 15) is 13.2 Å². The van der Waals surface area contributed by atoms with Crippen LogP contribution < -0.4 is 5.32 Å². The average Bonchev–Trinajstić information content (AvgIpc) is 2.91. The second kappa shape index (κ2) is 5.87. The molecule has 110 valence electrons. The van der Waals surface area contributed by atoms with E-state index in [-0.39, 0.29) is 5.56 Å². The van der Waals surface area contributed by atoms with Crippen LogP contribution in [0.3, 0.4) is 0 Å². The molecule has 0 unspecified atom stereocenters. The Kier molecular flexibility index (Phi) is 4.17. The largest absolute Gasteiger partial charge is 0.416 e. The molecular weight excluding hydrogens is 281 g/mol. The Morgan fingerprint density at radius 2 is 2.10 bits per heavy atom. The van der Waals surface area contributed by atoms with E-state index in [2.05, 4.69) is 10.4 Å². The summed E-state index contributed by atoms with van der Waals surface area (Å²) in [6.07, 6.45) is -2.80. The summed E-state index contributed by atoms with van der Waals surface area (Å²) in [4.78, 5) is 0. The Morgan fingerprint density at radius 1 is 1.33 bits per heavy atom. The van der Waals surface area contributed by atoms with Gasteiger partial charge in [0.1, 0.15) is 6.07 Å². The Morgan fingerprint density at radius 3 is 2.71 bits per heavy atom. The molecule has 0 saturated heterocycles. The van der Waals surface area contributed by atoms with Crippen LogP contribution in [-0.2, 0) is 19.3 Å². The van der Waals surface area contributed by atoms with Gasteiger partial charge >= 0.3 is 6.18 Å². The lowest BCUT2D eigenvalue weighted by atomic mass is 10.1. The summed E-state index contributed by atoms with van der Waals surface area (Å²) < 4.78 is 39.6. The number of benzene rings is 1. The lowest BCUT2D eigenvalue weighted by Crippen LogP contribution is -2.10. The third-order valence-corrected chi connectivity index (χ3v) is 3.03. The van der Waals surface area contributed by atoms with Crippen molar-refractivity contribution in [1.82, 2.24) is 9.78 Å². The van der Waals surface area contributed by atoms with Crippen LogP contribution in [0.4, 0.5) is 18.9 Å². The number of aromatic nitrogens is 2. The van der Waals surface area contributed by atoms with Crippen molar-refractivity contribution in [3.05, 3.63) is 47.3 Å². The van der Waals surface area contributed by atoms with Gasteiger partial charge in [-0.25, -0.2) is 0 Å². The van der Waals surface area contributed by atoms with Gasteiger partial charge in [0.25, 0.3) is 0 Å². The Labute approximate surface area is 119 Å². The molecule has 21 heavy (non-hydrogen) atoms. The topological polar surface area (TPSA) is 53.6 Å². The highest BCUT2D eigenvalue weighted by Crippen LogP contribution is 2.31. The fourth-order valence-corrected chi connectivity index (χ4v) is 1.95. The minimum absolute atomic E-state index is 0.0348. The molecule has 0 saturated carbocycles. The first kappa shape index (κ1) is 14.9. The molecular formula is C14H13F3N4. The smallest absolute Gasteiger partial charge is 0.378 e. The van der Waals surface area contributed by atoms with Crippen molar-refractivity contribution in [3.8, 4) is 6.07 Å². The van der Waals surface area contributed by atoms with Crippen LogP contribution in [0.1, 0.15) is 23.7 Å². The number of alkyl halides is 3. The quantitative estimate of drug-likeness (QED) is 0.940. The number of hydrogen-bond donors (Lipinski definition) is 1. The molecule has 0 aliphatic carbocycles. The molecule has 4 nitrogen and oxygen atoms in total. The van der Waals surface area contributed by atoms with E-state index < -0.39 is 11.7 Å². The highest BCUT2D eigenvalue weighted by molar-refractivity contribution is 5.59. The van der Waals surface area contributed by atoms with E-state index in [4.69, 9.17) is 5.26 Å². The van der Waals surface area contributed by atoms with Crippen molar-refractivity contribution in [2.75, 3.05) is 5.32 Å². The molecule has 2 rings (SSSR count). The van der Waals surface area contributed by atoms with Crippen LogP contribution in [0.15, 0.2) is 30.5 Å². The monoisotopic (exact) mass is 294 g/mol. The number of halogens is 3. The van der Waals surface area contributed by atoms with Gasteiger partial charge in [-0.05, 0) is 31.2 Å². The van der Waals surface area contributed by atoms with Gasteiger partial charge < -0.3 is 5.32 Å². The highest BCUT2D eigenvalue weighted by Gasteiger charge is 2.31. The van der Waals surface area contributed by atoms with Crippen LogP contribution >= 0.6 is 0 Å². The Hall–Kier alpha value is -2.49. The molecule has 1 aromatic carbocycles. The molecule has 1 N–H and O–H groups in total. The van der Waals surface area contributed by atoms with E-state index in [0.717, 1.165) is 17.8 Å². The first-order valence-corrected chi connectivity index (χ1v) is 6.31. The number of hydrogen-bond acceptors (Lipinski definition) is 3. The fraction of sp³-hybridized carbons (Fsp3) is 0.286. The first-order chi connectivity index (χ1) is 9.95. The number of anilines is 1. The third kappa shape index (κ3) is 3.34. The van der Waals surface area contributed by atoms with Gasteiger partial charge in [0.05, 0.1) is 29.1 Å². The molecule has 0 atom stereocenters. The molecule has 0 aliphatic heterocycles. The van der Waals surface area contributed by atoms with Gasteiger partial charge in [-0.3, -0.25) is 4.68 Å². The maximum atomic E-state index is 12.6. The van der Waals surface area contributed by atoms with Crippen molar-refractivity contribution in [3.63, 3.8) is 0 Å². The van der Waals surface area contributed by atoms with Gasteiger partial charge in [-0.15, -0.1) is 0 Å². The first-order valence-electron chi connectivity index (χ1n) is 6.31. The zero-order valence-electron chi connectivity index (χ0n) is 11.3. The fourth-order valence-electron chi connectivity index (χ4n) is 1.95. The molecule has 1 heterocycles. The molecule has 2 aromatic rings. The minimum atomic E-state index is -4.45. The predicted octanol–water partition coefficient (Wildman–Crippen LogP) is 3.41. The SMILES string of the molecule is CCn1nccc1CNc1ccc(C(F)(F)F)cc1C#N. The van der Waals surface area contributed by atoms with Crippen LogP contribution in [0.25, 0.3) is 0 Å². The molecule has 0 spiro atoms. The number of rotatable bonds is 4. The second-order valence-corrected chi connectivity index (χ2v) is 4.36. The van der Waals surface area contributed by atoms with Crippen molar-refractivity contribution in [2.45, 2.75) is 26.2 Å². The van der Waals surface area contributed by atoms with Crippen molar-refractivity contribution in [2.24, 2.45) is 0 Å². The number of nitriles is 1. The van der Waals surface area contributed by atoms with Crippen molar-refractivity contribution in [1.29, 1.82) is 5.26 Å². The van der Waals surface area contributed by atoms with Gasteiger partial charge in [0, 0.05) is 12.7 Å². The minimum Gasteiger partial charge on any atom is -0.378 e. The second-order valence-electron chi connectivity index (χ2n) is 4.36. The van der Waals surface area contributed by atoms with Gasteiger partial charge in [-0.1, -0.05) is 0 Å². The summed E-state index contributed by atoms with van der Waals surface area (Å²) in [5.41, 5.74) is 0.395. The lowest BCUT2D eigenvalue weighted by Gasteiger charge is -2.12. The summed E-state index contributed by atoms with van der Waals surface area (Å²) in [6.45, 7) is 3.02. The number of nitrogens with one attached hydrogen (secondary N) is 1. The Balaban J connectivity index is 2.19. The van der Waals surface area contributed by atoms with Crippen molar-refractivity contribution < 1.29 is 13.2 Å². The van der Waals surface area contributed by atoms with Crippen LogP contribution in [-0.4, -0.2) is 9.78 Å². The van der Waals surface area contributed by atoms with Gasteiger partial charge in [0.15, 0.2) is 0 Å². The van der Waals surface area contributed by atoms with Gasteiger partial charge in [-0.2, -0.15) is 23.5 Å². The summed E-state index contributed by atoms with van der Waals surface area (Å²) in [6, 6.07) is 6.67. The van der Waals surface area contributed by atoms with Crippen LogP contribution in [0.5, 0.6) is 0 Å². The maximum absolute atomic E-state index is 12.6.